The molecule has 0 spiro atoms. The Bertz CT molecular complexity index is 877. The van der Waals surface area contributed by atoms with Gasteiger partial charge in [-0.05, 0) is 67.1 Å². The molecule has 0 saturated carbocycles. The molecule has 0 saturated heterocycles. The summed E-state index contributed by atoms with van der Waals surface area (Å²) in [7, 11) is 1.56. The summed E-state index contributed by atoms with van der Waals surface area (Å²) in [5.74, 6) is -0.158. The normalized spacial score (nSPS) is 13.9. The molecule has 1 aliphatic rings. The Hall–Kier alpha value is -2.93. The molecule has 0 bridgehead atoms. The van der Waals surface area contributed by atoms with Gasteiger partial charge in [-0.15, -0.1) is 0 Å². The third kappa shape index (κ3) is 4.62. The molecule has 1 unspecified atom stereocenters. The minimum atomic E-state index is -0.622. The molecule has 4 nitrogen and oxygen atoms in total. The summed E-state index contributed by atoms with van der Waals surface area (Å²) in [4.78, 5) is 25.0. The smallest absolute Gasteiger partial charge is 0.164 e. The van der Waals surface area contributed by atoms with Crippen LogP contribution in [0.15, 0.2) is 42.5 Å². The van der Waals surface area contributed by atoms with Crippen LogP contribution < -0.4 is 4.74 Å². The van der Waals surface area contributed by atoms with E-state index in [0.29, 0.717) is 16.9 Å². The van der Waals surface area contributed by atoms with Crippen molar-refractivity contribution in [2.75, 3.05) is 7.11 Å². The van der Waals surface area contributed by atoms with Gasteiger partial charge in [0.05, 0.1) is 19.1 Å². The fraction of sp³-hybridized carbons (Fsp3) is 0.348. The minimum Gasteiger partial charge on any atom is -0.497 e. The quantitative estimate of drug-likeness (QED) is 0.678. The Morgan fingerprint density at radius 3 is 2.19 bits per heavy atom. The SMILES string of the molecule is COc1ccc(C(=O)CC(C#N)CC(=O)c2ccc3c(c2)CCCC3)cc1. The first kappa shape index (κ1) is 18.8. The van der Waals surface area contributed by atoms with Crippen LogP contribution in [0, 0.1) is 17.2 Å². The van der Waals surface area contributed by atoms with E-state index in [1.54, 1.807) is 31.4 Å². The van der Waals surface area contributed by atoms with Gasteiger partial charge in [0.25, 0.3) is 0 Å². The number of carbonyl (C=O) groups excluding carboxylic acids is 2. The van der Waals surface area contributed by atoms with E-state index in [9.17, 15) is 14.9 Å². The zero-order chi connectivity index (χ0) is 19.2. The van der Waals surface area contributed by atoms with E-state index in [2.05, 4.69) is 6.07 Å². The number of aryl methyl sites for hydroxylation is 2. The van der Waals surface area contributed by atoms with Crippen molar-refractivity contribution in [3.63, 3.8) is 0 Å². The Morgan fingerprint density at radius 1 is 0.963 bits per heavy atom. The maximum atomic E-state index is 12.6. The van der Waals surface area contributed by atoms with E-state index in [0.717, 1.165) is 19.3 Å². The maximum Gasteiger partial charge on any atom is 0.164 e. The summed E-state index contributed by atoms with van der Waals surface area (Å²) in [5.41, 5.74) is 3.74. The maximum absolute atomic E-state index is 12.6. The second-order valence-corrected chi connectivity index (χ2v) is 7.00. The highest BCUT2D eigenvalue weighted by molar-refractivity contribution is 5.99. The fourth-order valence-electron chi connectivity index (χ4n) is 3.53. The van der Waals surface area contributed by atoms with Gasteiger partial charge in [-0.3, -0.25) is 9.59 Å². The van der Waals surface area contributed by atoms with Crippen molar-refractivity contribution in [2.45, 2.75) is 38.5 Å². The molecule has 27 heavy (non-hydrogen) atoms. The number of nitrogens with zero attached hydrogens (tertiary/aromatic N) is 1. The summed E-state index contributed by atoms with van der Waals surface area (Å²) in [5, 5.41) is 9.42. The van der Waals surface area contributed by atoms with Gasteiger partial charge in [0.15, 0.2) is 11.6 Å². The summed E-state index contributed by atoms with van der Waals surface area (Å²) in [6, 6.07) is 14.8. The van der Waals surface area contributed by atoms with Gasteiger partial charge in [-0.1, -0.05) is 12.1 Å². The van der Waals surface area contributed by atoms with Gasteiger partial charge in [-0.2, -0.15) is 5.26 Å². The van der Waals surface area contributed by atoms with Crippen molar-refractivity contribution in [2.24, 2.45) is 5.92 Å². The first-order chi connectivity index (χ1) is 13.1. The number of fused-ring (bicyclic) bond motifs is 1. The zero-order valence-electron chi connectivity index (χ0n) is 15.5. The topological polar surface area (TPSA) is 67.2 Å². The van der Waals surface area contributed by atoms with Gasteiger partial charge in [0, 0.05) is 24.0 Å². The van der Waals surface area contributed by atoms with Crippen molar-refractivity contribution in [3.8, 4) is 11.8 Å². The molecule has 1 aliphatic carbocycles. The Morgan fingerprint density at radius 2 is 1.56 bits per heavy atom. The van der Waals surface area contributed by atoms with Crippen molar-refractivity contribution in [1.82, 2.24) is 0 Å². The Kier molecular flexibility index (Phi) is 6.03. The molecule has 0 aromatic heterocycles. The zero-order valence-corrected chi connectivity index (χ0v) is 15.5. The van der Waals surface area contributed by atoms with Crippen molar-refractivity contribution in [3.05, 3.63) is 64.7 Å². The molecule has 0 heterocycles. The van der Waals surface area contributed by atoms with Crippen molar-refractivity contribution in [1.29, 1.82) is 5.26 Å². The number of ketones is 2. The van der Waals surface area contributed by atoms with Gasteiger partial charge in [-0.25, -0.2) is 0 Å². The van der Waals surface area contributed by atoms with Crippen molar-refractivity contribution < 1.29 is 14.3 Å². The van der Waals surface area contributed by atoms with Crippen LogP contribution in [0.4, 0.5) is 0 Å². The van der Waals surface area contributed by atoms with Crippen LogP contribution in [0.25, 0.3) is 0 Å². The molecule has 2 aromatic carbocycles. The van der Waals surface area contributed by atoms with Gasteiger partial charge < -0.3 is 4.74 Å². The van der Waals surface area contributed by atoms with Crippen LogP contribution in [-0.2, 0) is 12.8 Å². The predicted molar refractivity (Wildman–Crippen MR) is 103 cm³/mol. The summed E-state index contributed by atoms with van der Waals surface area (Å²) in [6.07, 6.45) is 4.54. The lowest BCUT2D eigenvalue weighted by Gasteiger charge is -2.16. The Labute approximate surface area is 159 Å². The third-order valence-electron chi connectivity index (χ3n) is 5.13. The molecule has 2 aromatic rings. The molecule has 1 atom stereocenters. The fourth-order valence-corrected chi connectivity index (χ4v) is 3.53. The van der Waals surface area contributed by atoms with E-state index in [-0.39, 0.29) is 24.4 Å². The van der Waals surface area contributed by atoms with Crippen LogP contribution in [-0.4, -0.2) is 18.7 Å². The van der Waals surface area contributed by atoms with Crippen LogP contribution in [0.5, 0.6) is 5.75 Å². The number of hydrogen-bond acceptors (Lipinski definition) is 4. The van der Waals surface area contributed by atoms with E-state index >= 15 is 0 Å². The average molecular weight is 361 g/mol. The molecule has 0 radical (unpaired) electrons. The Balaban J connectivity index is 1.64. The highest BCUT2D eigenvalue weighted by atomic mass is 16.5. The molecular formula is C23H23NO3. The summed E-state index contributed by atoms with van der Waals surface area (Å²) in [6.45, 7) is 0. The van der Waals surface area contributed by atoms with Gasteiger partial charge >= 0.3 is 0 Å². The second kappa shape index (κ2) is 8.64. The van der Waals surface area contributed by atoms with Crippen molar-refractivity contribution >= 4 is 11.6 Å². The third-order valence-corrected chi connectivity index (χ3v) is 5.13. The number of methoxy groups -OCH3 is 1. The lowest BCUT2D eigenvalue weighted by Crippen LogP contribution is -2.13. The first-order valence-electron chi connectivity index (χ1n) is 9.32. The number of hydrogen-bond donors (Lipinski definition) is 0. The molecule has 138 valence electrons. The number of rotatable bonds is 7. The van der Waals surface area contributed by atoms with Crippen LogP contribution in [0.2, 0.25) is 0 Å². The second-order valence-electron chi connectivity index (χ2n) is 7.00. The summed E-state index contributed by atoms with van der Waals surface area (Å²) >= 11 is 0. The van der Waals surface area contributed by atoms with Crippen LogP contribution >= 0.6 is 0 Å². The monoisotopic (exact) mass is 361 g/mol. The molecular weight excluding hydrogens is 338 g/mol. The van der Waals surface area contributed by atoms with E-state index in [1.165, 1.54) is 17.5 Å². The van der Waals surface area contributed by atoms with Crippen LogP contribution in [0.3, 0.4) is 0 Å². The van der Waals surface area contributed by atoms with E-state index < -0.39 is 5.92 Å². The number of ether oxygens (including phenoxy) is 1. The van der Waals surface area contributed by atoms with E-state index in [4.69, 9.17) is 4.74 Å². The highest BCUT2D eigenvalue weighted by Gasteiger charge is 2.20. The lowest BCUT2D eigenvalue weighted by molar-refractivity contribution is 0.0938. The number of carbonyl (C=O) groups is 2. The number of benzene rings is 2. The van der Waals surface area contributed by atoms with E-state index in [1.807, 2.05) is 18.2 Å². The standard InChI is InChI=1S/C23H23NO3/c1-27-21-10-8-18(9-11-21)22(25)12-16(15-24)13-23(26)20-7-6-17-4-2-3-5-19(17)14-20/h6-11,14,16H,2-5,12-13H2,1H3. The predicted octanol–water partition coefficient (Wildman–Crippen LogP) is 4.56. The number of Topliss-reactive ketones (excluding diaryl/α,β-unsaturated/α-hetero) is 2. The molecule has 0 aliphatic heterocycles. The highest BCUT2D eigenvalue weighted by Crippen LogP contribution is 2.24. The first-order valence-corrected chi connectivity index (χ1v) is 9.32. The van der Waals surface area contributed by atoms with Crippen LogP contribution in [0.1, 0.15) is 57.5 Å². The minimum absolute atomic E-state index is 0.0412. The molecule has 0 amide bonds. The van der Waals surface area contributed by atoms with Gasteiger partial charge in [0.2, 0.25) is 0 Å². The summed E-state index contributed by atoms with van der Waals surface area (Å²) < 4.78 is 5.08. The average Bonchev–Trinajstić information content (AvgIpc) is 2.72. The molecule has 3 rings (SSSR count). The molecule has 0 fully saturated rings. The number of nitriles is 1. The largest absolute Gasteiger partial charge is 0.497 e. The molecule has 0 N–H and O–H groups in total. The lowest BCUT2D eigenvalue weighted by atomic mass is 9.88. The molecule has 4 heteroatoms. The van der Waals surface area contributed by atoms with Gasteiger partial charge in [0.1, 0.15) is 5.75 Å².